The van der Waals surface area contributed by atoms with Crippen molar-refractivity contribution >= 4 is 34.7 Å². The summed E-state index contributed by atoms with van der Waals surface area (Å²) in [7, 11) is 0. The largest absolute Gasteiger partial charge is 0.454 e. The predicted molar refractivity (Wildman–Crippen MR) is 102 cm³/mol. The van der Waals surface area contributed by atoms with E-state index in [0.717, 1.165) is 16.5 Å². The number of ether oxygens (including phenoxy) is 1. The SMILES string of the molecule is C=CCNC(=O)NC(=O)COC(=O)C(Cc1c[nH]c2ccccc12)NC(C)=O. The molecule has 0 spiro atoms. The van der Waals surface area contributed by atoms with Crippen LogP contribution in [0.25, 0.3) is 10.9 Å². The summed E-state index contributed by atoms with van der Waals surface area (Å²) in [6, 6.07) is 5.84. The van der Waals surface area contributed by atoms with Crippen LogP contribution in [0.1, 0.15) is 12.5 Å². The maximum atomic E-state index is 12.4. The van der Waals surface area contributed by atoms with Gasteiger partial charge in [-0.2, -0.15) is 0 Å². The van der Waals surface area contributed by atoms with Crippen LogP contribution in [0.4, 0.5) is 4.79 Å². The molecule has 2 aromatic rings. The molecule has 0 bridgehead atoms. The van der Waals surface area contributed by atoms with Gasteiger partial charge in [0.2, 0.25) is 5.91 Å². The molecule has 9 nitrogen and oxygen atoms in total. The number of carbonyl (C=O) groups is 4. The maximum Gasteiger partial charge on any atom is 0.329 e. The number of benzene rings is 1. The molecule has 1 heterocycles. The van der Waals surface area contributed by atoms with E-state index < -0.39 is 36.5 Å². The molecule has 9 heteroatoms. The summed E-state index contributed by atoms with van der Waals surface area (Å²) < 4.78 is 4.96. The Labute approximate surface area is 161 Å². The third-order valence-electron chi connectivity index (χ3n) is 3.77. The number of urea groups is 1. The van der Waals surface area contributed by atoms with Crippen LogP contribution in [0.2, 0.25) is 0 Å². The molecule has 0 aliphatic carbocycles. The number of hydrogen-bond acceptors (Lipinski definition) is 5. The van der Waals surface area contributed by atoms with E-state index in [9.17, 15) is 19.2 Å². The van der Waals surface area contributed by atoms with Gasteiger partial charge in [-0.25, -0.2) is 9.59 Å². The second kappa shape index (κ2) is 9.91. The third-order valence-corrected chi connectivity index (χ3v) is 3.77. The van der Waals surface area contributed by atoms with Gasteiger partial charge in [0.25, 0.3) is 5.91 Å². The molecule has 0 fully saturated rings. The standard InChI is InChI=1S/C19H22N4O5/c1-3-8-20-19(27)23-17(25)11-28-18(26)16(22-12(2)24)9-13-10-21-15-7-5-4-6-14(13)15/h3-7,10,16,21H,1,8-9,11H2,2H3,(H,22,24)(H2,20,23,25,27). The number of H-pyrrole nitrogens is 1. The number of amides is 4. The molecule has 4 amide bonds. The van der Waals surface area contributed by atoms with Gasteiger partial charge < -0.3 is 20.4 Å². The number of rotatable bonds is 8. The number of carbonyl (C=O) groups excluding carboxylic acids is 4. The highest BCUT2D eigenvalue weighted by molar-refractivity contribution is 5.96. The van der Waals surface area contributed by atoms with E-state index in [1.165, 1.54) is 13.0 Å². The topological polar surface area (TPSA) is 129 Å². The van der Waals surface area contributed by atoms with Crippen molar-refractivity contribution in [2.24, 2.45) is 0 Å². The van der Waals surface area contributed by atoms with Gasteiger partial charge in [0, 0.05) is 37.0 Å². The third kappa shape index (κ3) is 5.97. The molecule has 0 radical (unpaired) electrons. The quantitative estimate of drug-likeness (QED) is 0.393. The average Bonchev–Trinajstić information content (AvgIpc) is 3.06. The predicted octanol–water partition coefficient (Wildman–Crippen LogP) is 0.770. The van der Waals surface area contributed by atoms with Crippen LogP contribution in [0.3, 0.4) is 0 Å². The van der Waals surface area contributed by atoms with E-state index >= 15 is 0 Å². The lowest BCUT2D eigenvalue weighted by atomic mass is 10.0. The first kappa shape index (κ1) is 20.7. The Bertz CT molecular complexity index is 889. The summed E-state index contributed by atoms with van der Waals surface area (Å²) in [5.74, 6) is -1.97. The summed E-state index contributed by atoms with van der Waals surface area (Å²) in [6.07, 6.45) is 3.39. The molecule has 2 rings (SSSR count). The van der Waals surface area contributed by atoms with E-state index in [2.05, 4.69) is 22.2 Å². The molecule has 1 unspecified atom stereocenters. The number of aromatic amines is 1. The summed E-state index contributed by atoms with van der Waals surface area (Å²) >= 11 is 0. The Balaban J connectivity index is 1.97. The van der Waals surface area contributed by atoms with Crippen LogP contribution in [-0.2, 0) is 25.5 Å². The molecule has 0 aliphatic heterocycles. The monoisotopic (exact) mass is 386 g/mol. The minimum Gasteiger partial charge on any atom is -0.454 e. The summed E-state index contributed by atoms with van der Waals surface area (Å²) in [5.41, 5.74) is 1.72. The number of imide groups is 1. The van der Waals surface area contributed by atoms with Crippen molar-refractivity contribution in [2.75, 3.05) is 13.2 Å². The fraction of sp³-hybridized carbons (Fsp3) is 0.263. The number of nitrogens with one attached hydrogen (secondary N) is 4. The number of fused-ring (bicyclic) bond motifs is 1. The lowest BCUT2D eigenvalue weighted by Gasteiger charge is -2.16. The van der Waals surface area contributed by atoms with Gasteiger partial charge in [0.1, 0.15) is 6.04 Å². The van der Waals surface area contributed by atoms with Crippen LogP contribution in [0.5, 0.6) is 0 Å². The van der Waals surface area contributed by atoms with Crippen LogP contribution < -0.4 is 16.0 Å². The van der Waals surface area contributed by atoms with Crippen LogP contribution >= 0.6 is 0 Å². The molecule has 1 atom stereocenters. The highest BCUT2D eigenvalue weighted by Gasteiger charge is 2.24. The molecular weight excluding hydrogens is 364 g/mol. The molecule has 1 aromatic carbocycles. The van der Waals surface area contributed by atoms with Crippen molar-refractivity contribution < 1.29 is 23.9 Å². The lowest BCUT2D eigenvalue weighted by molar-refractivity contribution is -0.151. The van der Waals surface area contributed by atoms with Gasteiger partial charge in [-0.05, 0) is 11.6 Å². The Morgan fingerprint density at radius 3 is 2.71 bits per heavy atom. The van der Waals surface area contributed by atoms with Crippen molar-refractivity contribution in [3.8, 4) is 0 Å². The molecule has 1 aromatic heterocycles. The molecular formula is C19H22N4O5. The summed E-state index contributed by atoms with van der Waals surface area (Å²) in [6.45, 7) is 4.25. The smallest absolute Gasteiger partial charge is 0.329 e. The van der Waals surface area contributed by atoms with E-state index in [0.29, 0.717) is 0 Å². The van der Waals surface area contributed by atoms with Gasteiger partial charge in [-0.15, -0.1) is 6.58 Å². The zero-order valence-corrected chi connectivity index (χ0v) is 15.4. The van der Waals surface area contributed by atoms with Crippen molar-refractivity contribution in [3.63, 3.8) is 0 Å². The highest BCUT2D eigenvalue weighted by atomic mass is 16.5. The molecule has 4 N–H and O–H groups in total. The van der Waals surface area contributed by atoms with Gasteiger partial charge in [0.15, 0.2) is 6.61 Å². The molecule has 28 heavy (non-hydrogen) atoms. The van der Waals surface area contributed by atoms with Crippen molar-refractivity contribution in [2.45, 2.75) is 19.4 Å². The lowest BCUT2D eigenvalue weighted by Crippen LogP contribution is -2.45. The zero-order chi connectivity index (χ0) is 20.5. The Hall–Kier alpha value is -3.62. The van der Waals surface area contributed by atoms with Crippen LogP contribution in [-0.4, -0.2) is 48.0 Å². The highest BCUT2D eigenvalue weighted by Crippen LogP contribution is 2.19. The Kier molecular flexibility index (Phi) is 7.32. The van der Waals surface area contributed by atoms with Crippen molar-refractivity contribution in [1.29, 1.82) is 0 Å². The first-order chi connectivity index (χ1) is 13.4. The second-order valence-electron chi connectivity index (χ2n) is 5.97. The van der Waals surface area contributed by atoms with Gasteiger partial charge in [-0.3, -0.25) is 14.9 Å². The molecule has 0 saturated carbocycles. The fourth-order valence-electron chi connectivity index (χ4n) is 2.57. The van der Waals surface area contributed by atoms with Gasteiger partial charge in [0.05, 0.1) is 0 Å². The average molecular weight is 386 g/mol. The minimum atomic E-state index is -0.973. The minimum absolute atomic E-state index is 0.184. The van der Waals surface area contributed by atoms with Crippen molar-refractivity contribution in [1.82, 2.24) is 20.9 Å². The Morgan fingerprint density at radius 2 is 2.00 bits per heavy atom. The normalized spacial score (nSPS) is 11.3. The molecule has 0 saturated heterocycles. The second-order valence-corrected chi connectivity index (χ2v) is 5.97. The maximum absolute atomic E-state index is 12.4. The first-order valence-electron chi connectivity index (χ1n) is 8.58. The van der Waals surface area contributed by atoms with Gasteiger partial charge in [-0.1, -0.05) is 24.3 Å². The summed E-state index contributed by atoms with van der Waals surface area (Å²) in [4.78, 5) is 50.0. The van der Waals surface area contributed by atoms with Gasteiger partial charge >= 0.3 is 12.0 Å². The number of hydrogen-bond donors (Lipinski definition) is 4. The molecule has 0 aliphatic rings. The van der Waals surface area contributed by atoms with Crippen LogP contribution in [0, 0.1) is 0 Å². The van der Waals surface area contributed by atoms with E-state index in [1.54, 1.807) is 6.20 Å². The Morgan fingerprint density at radius 1 is 1.25 bits per heavy atom. The number of para-hydroxylation sites is 1. The fourth-order valence-corrected chi connectivity index (χ4v) is 2.57. The number of esters is 1. The summed E-state index contributed by atoms with van der Waals surface area (Å²) in [5, 5.41) is 7.81. The number of aromatic nitrogens is 1. The van der Waals surface area contributed by atoms with Crippen LogP contribution in [0.15, 0.2) is 43.1 Å². The van der Waals surface area contributed by atoms with E-state index in [4.69, 9.17) is 4.74 Å². The van der Waals surface area contributed by atoms with E-state index in [-0.39, 0.29) is 13.0 Å². The van der Waals surface area contributed by atoms with E-state index in [1.807, 2.05) is 29.6 Å². The van der Waals surface area contributed by atoms with Crippen molar-refractivity contribution in [3.05, 3.63) is 48.7 Å². The first-order valence-corrected chi connectivity index (χ1v) is 8.58. The zero-order valence-electron chi connectivity index (χ0n) is 15.4. The molecule has 148 valence electrons.